The van der Waals surface area contributed by atoms with E-state index in [1.807, 2.05) is 0 Å². The first-order valence-electron chi connectivity index (χ1n) is 4.12. The van der Waals surface area contributed by atoms with E-state index in [0.717, 1.165) is 6.92 Å². The third kappa shape index (κ3) is 1.87. The zero-order chi connectivity index (χ0) is 11.6. The smallest absolute Gasteiger partial charge is 0.325 e. The Hall–Kier alpha value is -1.36. The van der Waals surface area contributed by atoms with Gasteiger partial charge in [0.05, 0.1) is 0 Å². The number of carbonyl (C=O) groups is 2. The molecule has 0 aromatic heterocycles. The highest BCUT2D eigenvalue weighted by Gasteiger charge is 2.44. The van der Waals surface area contributed by atoms with Gasteiger partial charge < -0.3 is 10.2 Å². The lowest BCUT2D eigenvalue weighted by molar-refractivity contribution is -0.156. The van der Waals surface area contributed by atoms with Crippen LogP contribution in [0.15, 0.2) is 28.7 Å². The molecule has 0 aliphatic rings. The first-order valence-corrected chi connectivity index (χ1v) is 4.91. The van der Waals surface area contributed by atoms with Crippen LogP contribution >= 0.6 is 15.9 Å². The van der Waals surface area contributed by atoms with Gasteiger partial charge in [0, 0.05) is 4.47 Å². The molecule has 0 atom stereocenters. The Kier molecular flexibility index (Phi) is 3.14. The minimum atomic E-state index is -1.93. The van der Waals surface area contributed by atoms with Gasteiger partial charge in [-0.2, -0.15) is 0 Å². The molecule has 0 spiro atoms. The van der Waals surface area contributed by atoms with Crippen molar-refractivity contribution in [1.29, 1.82) is 0 Å². The molecule has 0 aliphatic carbocycles. The summed E-state index contributed by atoms with van der Waals surface area (Å²) in [7, 11) is 0. The van der Waals surface area contributed by atoms with Crippen molar-refractivity contribution in [3.8, 4) is 0 Å². The third-order valence-electron chi connectivity index (χ3n) is 2.27. The molecule has 0 amide bonds. The summed E-state index contributed by atoms with van der Waals surface area (Å²) in [6, 6.07) is 6.38. The molecule has 1 rings (SSSR count). The molecule has 2 N–H and O–H groups in total. The highest BCUT2D eigenvalue weighted by atomic mass is 79.9. The van der Waals surface area contributed by atoms with E-state index < -0.39 is 17.4 Å². The van der Waals surface area contributed by atoms with Gasteiger partial charge in [-0.15, -0.1) is 0 Å². The molecular weight excluding hydrogens is 264 g/mol. The van der Waals surface area contributed by atoms with Gasteiger partial charge in [0.2, 0.25) is 0 Å². The van der Waals surface area contributed by atoms with Crippen LogP contribution in [0.5, 0.6) is 0 Å². The second-order valence-corrected chi connectivity index (χ2v) is 4.07. The fraction of sp³-hybridized carbons (Fsp3) is 0.200. The van der Waals surface area contributed by atoms with Crippen molar-refractivity contribution in [2.45, 2.75) is 12.3 Å². The number of hydrogen-bond donors (Lipinski definition) is 2. The van der Waals surface area contributed by atoms with Crippen molar-refractivity contribution in [2.24, 2.45) is 0 Å². The number of aliphatic carboxylic acids is 2. The van der Waals surface area contributed by atoms with Crippen LogP contribution in [0.4, 0.5) is 0 Å². The third-order valence-corrected chi connectivity index (χ3v) is 2.96. The number of rotatable bonds is 3. The molecule has 0 saturated heterocycles. The highest BCUT2D eigenvalue weighted by molar-refractivity contribution is 9.10. The van der Waals surface area contributed by atoms with Crippen LogP contribution in [0.3, 0.4) is 0 Å². The Labute approximate surface area is 94.7 Å². The summed E-state index contributed by atoms with van der Waals surface area (Å²) in [6.07, 6.45) is 0. The lowest BCUT2D eigenvalue weighted by Gasteiger charge is -2.21. The normalized spacial score (nSPS) is 11.1. The SMILES string of the molecule is CC(C(=O)O)(C(=O)O)c1ccccc1Br. The van der Waals surface area contributed by atoms with Gasteiger partial charge in [-0.3, -0.25) is 9.59 Å². The molecule has 5 heteroatoms. The monoisotopic (exact) mass is 272 g/mol. The number of halogens is 1. The fourth-order valence-corrected chi connectivity index (χ4v) is 1.87. The van der Waals surface area contributed by atoms with Crippen LogP contribution in [-0.4, -0.2) is 22.2 Å². The van der Waals surface area contributed by atoms with Crippen LogP contribution < -0.4 is 0 Å². The summed E-state index contributed by atoms with van der Waals surface area (Å²) in [6.45, 7) is 1.16. The minimum absolute atomic E-state index is 0.227. The van der Waals surface area contributed by atoms with E-state index in [-0.39, 0.29) is 5.56 Å². The Morgan fingerprint density at radius 2 is 1.67 bits per heavy atom. The predicted molar refractivity (Wildman–Crippen MR) is 56.8 cm³/mol. The first kappa shape index (κ1) is 11.7. The lowest BCUT2D eigenvalue weighted by Crippen LogP contribution is -2.41. The zero-order valence-electron chi connectivity index (χ0n) is 7.90. The molecule has 80 valence electrons. The molecule has 1 aromatic carbocycles. The molecule has 0 saturated carbocycles. The van der Waals surface area contributed by atoms with E-state index in [1.165, 1.54) is 6.07 Å². The number of carboxylic acids is 2. The predicted octanol–water partition coefficient (Wildman–Crippen LogP) is 1.88. The van der Waals surface area contributed by atoms with Gasteiger partial charge in [0.1, 0.15) is 0 Å². The van der Waals surface area contributed by atoms with E-state index in [9.17, 15) is 9.59 Å². The summed E-state index contributed by atoms with van der Waals surface area (Å²) in [5.41, 5.74) is -1.70. The summed E-state index contributed by atoms with van der Waals surface area (Å²) >= 11 is 3.14. The maximum atomic E-state index is 11.0. The highest BCUT2D eigenvalue weighted by Crippen LogP contribution is 2.30. The zero-order valence-corrected chi connectivity index (χ0v) is 9.48. The van der Waals surface area contributed by atoms with E-state index in [0.29, 0.717) is 4.47 Å². The Bertz CT molecular complexity index is 400. The van der Waals surface area contributed by atoms with E-state index >= 15 is 0 Å². The van der Waals surface area contributed by atoms with Crippen LogP contribution in [0, 0.1) is 0 Å². The van der Waals surface area contributed by atoms with Gasteiger partial charge in [0.15, 0.2) is 5.41 Å². The molecule has 0 unspecified atom stereocenters. The van der Waals surface area contributed by atoms with Crippen LogP contribution in [0.25, 0.3) is 0 Å². The van der Waals surface area contributed by atoms with Crippen LogP contribution in [-0.2, 0) is 15.0 Å². The van der Waals surface area contributed by atoms with Gasteiger partial charge in [-0.1, -0.05) is 34.1 Å². The van der Waals surface area contributed by atoms with Crippen LogP contribution in [0.1, 0.15) is 12.5 Å². The Morgan fingerprint density at radius 3 is 2.07 bits per heavy atom. The van der Waals surface area contributed by atoms with Gasteiger partial charge in [-0.25, -0.2) is 0 Å². The molecular formula is C10H9BrO4. The Morgan fingerprint density at radius 1 is 1.20 bits per heavy atom. The molecule has 1 aromatic rings. The summed E-state index contributed by atoms with van der Waals surface area (Å²) in [4.78, 5) is 22.0. The van der Waals surface area contributed by atoms with Crippen molar-refractivity contribution in [3.63, 3.8) is 0 Å². The average molecular weight is 273 g/mol. The fourth-order valence-electron chi connectivity index (χ4n) is 1.19. The maximum absolute atomic E-state index is 11.0. The first-order chi connectivity index (χ1) is 6.90. The minimum Gasteiger partial charge on any atom is -0.480 e. The van der Waals surface area contributed by atoms with Gasteiger partial charge in [-0.05, 0) is 18.6 Å². The molecule has 0 heterocycles. The maximum Gasteiger partial charge on any atom is 0.325 e. The molecule has 0 radical (unpaired) electrons. The van der Waals surface area contributed by atoms with Gasteiger partial charge >= 0.3 is 11.9 Å². The molecule has 0 bridgehead atoms. The number of benzene rings is 1. The number of carboxylic acid groups (broad SMARTS) is 2. The van der Waals surface area contributed by atoms with Crippen molar-refractivity contribution < 1.29 is 19.8 Å². The largest absolute Gasteiger partial charge is 0.480 e. The molecule has 4 nitrogen and oxygen atoms in total. The second kappa shape index (κ2) is 4.02. The van der Waals surface area contributed by atoms with Crippen molar-refractivity contribution in [1.82, 2.24) is 0 Å². The van der Waals surface area contributed by atoms with Crippen molar-refractivity contribution in [2.75, 3.05) is 0 Å². The van der Waals surface area contributed by atoms with Crippen molar-refractivity contribution in [3.05, 3.63) is 34.3 Å². The second-order valence-electron chi connectivity index (χ2n) is 3.22. The number of hydrogen-bond acceptors (Lipinski definition) is 2. The average Bonchev–Trinajstić information content (AvgIpc) is 2.16. The van der Waals surface area contributed by atoms with Crippen molar-refractivity contribution >= 4 is 27.9 Å². The summed E-state index contributed by atoms with van der Waals surface area (Å²) in [5.74, 6) is -2.77. The molecule has 15 heavy (non-hydrogen) atoms. The lowest BCUT2D eigenvalue weighted by atomic mass is 9.83. The quantitative estimate of drug-likeness (QED) is 0.824. The van der Waals surface area contributed by atoms with E-state index in [1.54, 1.807) is 18.2 Å². The van der Waals surface area contributed by atoms with E-state index in [4.69, 9.17) is 10.2 Å². The molecule has 0 aliphatic heterocycles. The topological polar surface area (TPSA) is 74.6 Å². The summed E-state index contributed by atoms with van der Waals surface area (Å²) < 4.78 is 0.470. The summed E-state index contributed by atoms with van der Waals surface area (Å²) in [5, 5.41) is 18.0. The standard InChI is InChI=1S/C10H9BrO4/c1-10(8(12)13,9(14)15)6-4-2-3-5-7(6)11/h2-5H,1H3,(H,12,13)(H,14,15). The van der Waals surface area contributed by atoms with Crippen LogP contribution in [0.2, 0.25) is 0 Å². The van der Waals surface area contributed by atoms with Gasteiger partial charge in [0.25, 0.3) is 0 Å². The van der Waals surface area contributed by atoms with E-state index in [2.05, 4.69) is 15.9 Å². The molecule has 0 fully saturated rings. The Balaban J connectivity index is 3.41.